The smallest absolute Gasteiger partial charge is 0.264 e. The first-order valence-corrected chi connectivity index (χ1v) is 10.5. The number of fused-ring (bicyclic) bond motifs is 1. The lowest BCUT2D eigenvalue weighted by molar-refractivity contribution is 0.0107. The Bertz CT molecular complexity index is 1060. The van der Waals surface area contributed by atoms with Gasteiger partial charge in [-0.3, -0.25) is 14.6 Å². The maximum Gasteiger partial charge on any atom is 0.264 e. The van der Waals surface area contributed by atoms with Crippen molar-refractivity contribution in [2.75, 3.05) is 37.9 Å². The molecule has 0 saturated carbocycles. The van der Waals surface area contributed by atoms with Crippen molar-refractivity contribution in [3.63, 3.8) is 0 Å². The Hall–Kier alpha value is -3.35. The van der Waals surface area contributed by atoms with Crippen LogP contribution in [0.25, 0.3) is 11.1 Å². The van der Waals surface area contributed by atoms with Gasteiger partial charge in [-0.05, 0) is 47.5 Å². The van der Waals surface area contributed by atoms with Crippen molar-refractivity contribution in [1.82, 2.24) is 4.90 Å². The van der Waals surface area contributed by atoms with Crippen molar-refractivity contribution in [3.05, 3.63) is 78.4 Å². The number of aliphatic hydroxyl groups is 1. The summed E-state index contributed by atoms with van der Waals surface area (Å²) in [7, 11) is 0. The summed E-state index contributed by atoms with van der Waals surface area (Å²) >= 11 is 0. The molecule has 0 bridgehead atoms. The van der Waals surface area contributed by atoms with Gasteiger partial charge in [0.05, 0.1) is 12.2 Å². The van der Waals surface area contributed by atoms with Crippen molar-refractivity contribution in [2.45, 2.75) is 6.10 Å². The quantitative estimate of drug-likeness (QED) is 0.667. The van der Waals surface area contributed by atoms with Crippen LogP contribution in [0, 0.1) is 0 Å². The summed E-state index contributed by atoms with van der Waals surface area (Å²) in [4.78, 5) is 16.8. The van der Waals surface area contributed by atoms with E-state index in [9.17, 15) is 4.79 Å². The lowest BCUT2D eigenvalue weighted by Gasteiger charge is -2.38. The summed E-state index contributed by atoms with van der Waals surface area (Å²) in [6, 6.07) is 23.3. The van der Waals surface area contributed by atoms with Crippen LogP contribution in [-0.2, 0) is 0 Å². The summed E-state index contributed by atoms with van der Waals surface area (Å²) in [5, 5.41) is 8.96. The molecule has 6 nitrogen and oxygen atoms in total. The molecule has 158 valence electrons. The van der Waals surface area contributed by atoms with Gasteiger partial charge < -0.3 is 14.6 Å². The van der Waals surface area contributed by atoms with Gasteiger partial charge >= 0.3 is 0 Å². The Balaban J connectivity index is 1.27. The number of anilines is 1. The van der Waals surface area contributed by atoms with Crippen LogP contribution in [0.4, 0.5) is 5.69 Å². The Labute approximate surface area is 181 Å². The summed E-state index contributed by atoms with van der Waals surface area (Å²) in [6.07, 6.45) is 0.142. The van der Waals surface area contributed by atoms with Crippen LogP contribution in [0.1, 0.15) is 10.4 Å². The standard InChI is InChI=1S/C25H24N2O4/c28-13-12-26-15-22(16-26)31-21-9-7-20(8-10-21)27-17-30-24-14-19(6-11-23(24)25(27)29)18-4-2-1-3-5-18/h1-11,14,22,28H,12-13,15-17H2. The van der Waals surface area contributed by atoms with Crippen molar-refractivity contribution in [1.29, 1.82) is 0 Å². The predicted molar refractivity (Wildman–Crippen MR) is 119 cm³/mol. The second-order valence-corrected chi connectivity index (χ2v) is 7.80. The Kier molecular flexibility index (Phi) is 5.32. The number of ether oxygens (including phenoxy) is 2. The highest BCUT2D eigenvalue weighted by Gasteiger charge is 2.29. The third kappa shape index (κ3) is 4.00. The van der Waals surface area contributed by atoms with E-state index >= 15 is 0 Å². The Morgan fingerprint density at radius 1 is 0.968 bits per heavy atom. The minimum atomic E-state index is -0.0758. The highest BCUT2D eigenvalue weighted by Crippen LogP contribution is 2.33. The minimum Gasteiger partial charge on any atom is -0.488 e. The van der Waals surface area contributed by atoms with Crippen molar-refractivity contribution in [3.8, 4) is 22.6 Å². The summed E-state index contributed by atoms with van der Waals surface area (Å²) in [5.74, 6) is 1.31. The Morgan fingerprint density at radius 3 is 2.48 bits per heavy atom. The first-order chi connectivity index (χ1) is 15.2. The summed E-state index contributed by atoms with van der Waals surface area (Å²) in [5.41, 5.74) is 3.44. The van der Waals surface area contributed by atoms with E-state index in [1.165, 1.54) is 0 Å². The zero-order valence-corrected chi connectivity index (χ0v) is 17.1. The molecule has 3 aromatic rings. The van der Waals surface area contributed by atoms with Crippen LogP contribution >= 0.6 is 0 Å². The topological polar surface area (TPSA) is 62.2 Å². The molecule has 0 atom stereocenters. The predicted octanol–water partition coefficient (Wildman–Crippen LogP) is 3.41. The maximum atomic E-state index is 13.1. The largest absolute Gasteiger partial charge is 0.488 e. The van der Waals surface area contributed by atoms with Crippen molar-refractivity contribution < 1.29 is 19.4 Å². The molecular formula is C25H24N2O4. The number of amides is 1. The van der Waals surface area contributed by atoms with E-state index in [-0.39, 0.29) is 25.3 Å². The molecule has 0 aliphatic carbocycles. The fourth-order valence-electron chi connectivity index (χ4n) is 3.98. The van der Waals surface area contributed by atoms with E-state index in [4.69, 9.17) is 14.6 Å². The molecule has 1 fully saturated rings. The molecule has 0 spiro atoms. The molecule has 6 heteroatoms. The molecule has 5 rings (SSSR count). The van der Waals surface area contributed by atoms with E-state index in [1.807, 2.05) is 72.8 Å². The minimum absolute atomic E-state index is 0.0758. The monoisotopic (exact) mass is 416 g/mol. The molecule has 0 aromatic heterocycles. The molecule has 31 heavy (non-hydrogen) atoms. The van der Waals surface area contributed by atoms with Gasteiger partial charge in [-0.1, -0.05) is 36.4 Å². The molecule has 2 aliphatic rings. The van der Waals surface area contributed by atoms with Gasteiger partial charge in [0.25, 0.3) is 5.91 Å². The molecule has 1 N–H and O–H groups in total. The molecule has 2 aliphatic heterocycles. The normalized spacial score (nSPS) is 16.4. The number of aliphatic hydroxyl groups excluding tert-OH is 1. The average molecular weight is 416 g/mol. The number of hydrogen-bond acceptors (Lipinski definition) is 5. The number of nitrogens with zero attached hydrogens (tertiary/aromatic N) is 2. The van der Waals surface area contributed by atoms with Gasteiger partial charge in [-0.15, -0.1) is 0 Å². The fraction of sp³-hybridized carbons (Fsp3) is 0.240. The summed E-state index contributed by atoms with van der Waals surface area (Å²) < 4.78 is 11.9. The van der Waals surface area contributed by atoms with Gasteiger partial charge in [0.2, 0.25) is 0 Å². The number of β-amino-alcohol motifs (C(OH)–C–C–N with tert-alkyl or cyclic N) is 1. The number of likely N-dealkylation sites (tertiary alicyclic amines) is 1. The van der Waals surface area contributed by atoms with Gasteiger partial charge in [0, 0.05) is 25.3 Å². The number of carbonyl (C=O) groups excluding carboxylic acids is 1. The van der Waals surface area contributed by atoms with Crippen molar-refractivity contribution in [2.24, 2.45) is 0 Å². The first kappa shape index (κ1) is 19.6. The third-order valence-corrected chi connectivity index (χ3v) is 5.70. The molecule has 0 radical (unpaired) electrons. The lowest BCUT2D eigenvalue weighted by atomic mass is 10.0. The van der Waals surface area contributed by atoms with Crippen molar-refractivity contribution >= 4 is 11.6 Å². The van der Waals surface area contributed by atoms with E-state index in [1.54, 1.807) is 4.90 Å². The van der Waals surface area contributed by atoms with Crippen LogP contribution in [0.2, 0.25) is 0 Å². The number of carbonyl (C=O) groups is 1. The van der Waals surface area contributed by atoms with Gasteiger partial charge in [-0.25, -0.2) is 0 Å². The van der Waals surface area contributed by atoms with E-state index in [2.05, 4.69) is 4.90 Å². The van der Waals surface area contributed by atoms with Crippen LogP contribution < -0.4 is 14.4 Å². The van der Waals surface area contributed by atoms with Crippen LogP contribution in [0.5, 0.6) is 11.5 Å². The molecule has 3 aromatic carbocycles. The molecule has 1 saturated heterocycles. The highest BCUT2D eigenvalue weighted by atomic mass is 16.5. The van der Waals surface area contributed by atoms with E-state index in [0.717, 1.165) is 35.7 Å². The molecule has 2 heterocycles. The van der Waals surface area contributed by atoms with E-state index in [0.29, 0.717) is 17.9 Å². The Morgan fingerprint density at radius 2 is 1.74 bits per heavy atom. The molecular weight excluding hydrogens is 392 g/mol. The maximum absolute atomic E-state index is 13.1. The molecule has 0 unspecified atom stereocenters. The number of benzene rings is 3. The number of hydrogen-bond donors (Lipinski definition) is 1. The second-order valence-electron chi connectivity index (χ2n) is 7.80. The lowest BCUT2D eigenvalue weighted by Crippen LogP contribution is -2.54. The van der Waals surface area contributed by atoms with Crippen LogP contribution in [0.3, 0.4) is 0 Å². The van der Waals surface area contributed by atoms with E-state index < -0.39 is 0 Å². The highest BCUT2D eigenvalue weighted by molar-refractivity contribution is 6.09. The average Bonchev–Trinajstić information content (AvgIpc) is 2.79. The van der Waals surface area contributed by atoms with Crippen LogP contribution in [-0.4, -0.2) is 55.0 Å². The zero-order chi connectivity index (χ0) is 21.2. The van der Waals surface area contributed by atoms with Crippen LogP contribution in [0.15, 0.2) is 72.8 Å². The first-order valence-electron chi connectivity index (χ1n) is 10.5. The number of rotatable bonds is 6. The molecule has 1 amide bonds. The fourth-order valence-corrected chi connectivity index (χ4v) is 3.98. The van der Waals surface area contributed by atoms with Gasteiger partial charge in [-0.2, -0.15) is 0 Å². The van der Waals surface area contributed by atoms with Gasteiger partial charge in [0.1, 0.15) is 17.6 Å². The van der Waals surface area contributed by atoms with Gasteiger partial charge in [0.15, 0.2) is 6.73 Å². The summed E-state index contributed by atoms with van der Waals surface area (Å²) in [6.45, 7) is 2.67. The SMILES string of the molecule is O=C1c2ccc(-c3ccccc3)cc2OCN1c1ccc(OC2CN(CCO)C2)cc1. The zero-order valence-electron chi connectivity index (χ0n) is 17.1. The second kappa shape index (κ2) is 8.41. The third-order valence-electron chi connectivity index (χ3n) is 5.70.